The van der Waals surface area contributed by atoms with Gasteiger partial charge in [0, 0.05) is 6.42 Å². The molecule has 1 aromatic heterocycles. The zero-order valence-corrected chi connectivity index (χ0v) is 15.5. The van der Waals surface area contributed by atoms with Crippen LogP contribution in [0, 0.1) is 0 Å². The Balaban J connectivity index is 0.000000191. The van der Waals surface area contributed by atoms with Crippen LogP contribution in [0.25, 0.3) is 22.1 Å². The van der Waals surface area contributed by atoms with Gasteiger partial charge in [0.05, 0.1) is 22.1 Å². The van der Waals surface area contributed by atoms with E-state index in [4.69, 9.17) is 5.11 Å². The summed E-state index contributed by atoms with van der Waals surface area (Å²) in [5.41, 5.74) is 3.80. The highest BCUT2D eigenvalue weighted by Crippen LogP contribution is 2.14. The third-order valence-corrected chi connectivity index (χ3v) is 4.24. The fourth-order valence-corrected chi connectivity index (χ4v) is 2.80. The highest BCUT2D eigenvalue weighted by Gasteiger charge is 1.98. The van der Waals surface area contributed by atoms with E-state index in [0.717, 1.165) is 34.9 Å². The number of nitrogens with zero attached hydrogens (tertiary/aromatic N) is 2. The van der Waals surface area contributed by atoms with Gasteiger partial charge >= 0.3 is 5.97 Å². The van der Waals surface area contributed by atoms with Gasteiger partial charge < -0.3 is 5.11 Å². The Hall–Kier alpha value is -2.49. The number of carbonyl (C=O) groups is 1. The van der Waals surface area contributed by atoms with Crippen molar-refractivity contribution in [3.8, 4) is 0 Å². The molecule has 0 aliphatic heterocycles. The Bertz CT molecular complexity index is 712. The number of unbranched alkanes of at least 4 members (excludes halogenated alkanes) is 6. The molecule has 1 heterocycles. The molecule has 0 fully saturated rings. The van der Waals surface area contributed by atoms with E-state index >= 15 is 0 Å². The summed E-state index contributed by atoms with van der Waals surface area (Å²) in [6.45, 7) is 2.20. The fourth-order valence-electron chi connectivity index (χ4n) is 2.80. The molecule has 0 spiro atoms. The molecule has 0 saturated carbocycles. The van der Waals surface area contributed by atoms with Gasteiger partial charge in [-0.05, 0) is 30.7 Å². The minimum absolute atomic E-state index is 0.341. The van der Waals surface area contributed by atoms with Gasteiger partial charge in [0.15, 0.2) is 0 Å². The summed E-state index contributed by atoms with van der Waals surface area (Å²) in [6.07, 6.45) is 8.64. The summed E-state index contributed by atoms with van der Waals surface area (Å²) >= 11 is 0. The maximum atomic E-state index is 10.1. The molecule has 138 valence electrons. The van der Waals surface area contributed by atoms with Crippen molar-refractivity contribution in [1.29, 1.82) is 0 Å². The van der Waals surface area contributed by atoms with Gasteiger partial charge in [-0.25, -0.2) is 9.97 Å². The van der Waals surface area contributed by atoms with Gasteiger partial charge in [0.25, 0.3) is 0 Å². The molecule has 0 unspecified atom stereocenters. The van der Waals surface area contributed by atoms with Crippen LogP contribution in [-0.2, 0) is 4.79 Å². The third-order valence-electron chi connectivity index (χ3n) is 4.24. The molecule has 0 saturated heterocycles. The molecule has 0 aliphatic carbocycles. The Morgan fingerprint density at radius 2 is 1.12 bits per heavy atom. The van der Waals surface area contributed by atoms with E-state index in [-0.39, 0.29) is 0 Å². The van der Waals surface area contributed by atoms with Crippen molar-refractivity contribution in [1.82, 2.24) is 9.97 Å². The highest BCUT2D eigenvalue weighted by molar-refractivity contribution is 5.85. The Kier molecular flexibility index (Phi) is 8.53. The Morgan fingerprint density at radius 1 is 0.731 bits per heavy atom. The van der Waals surface area contributed by atoms with Gasteiger partial charge in [-0.15, -0.1) is 0 Å². The predicted octanol–water partition coefficient (Wildman–Crippen LogP) is 5.99. The zero-order chi connectivity index (χ0) is 18.6. The quantitative estimate of drug-likeness (QED) is 0.399. The van der Waals surface area contributed by atoms with Crippen molar-refractivity contribution in [2.75, 3.05) is 0 Å². The number of para-hydroxylation sites is 4. The normalized spacial score (nSPS) is 10.5. The zero-order valence-electron chi connectivity index (χ0n) is 15.5. The number of benzene rings is 2. The summed E-state index contributed by atoms with van der Waals surface area (Å²) in [5.74, 6) is -0.663. The molecule has 26 heavy (non-hydrogen) atoms. The summed E-state index contributed by atoms with van der Waals surface area (Å²) in [6, 6.07) is 15.8. The lowest BCUT2D eigenvalue weighted by Gasteiger charge is -1.98. The van der Waals surface area contributed by atoms with E-state index in [0.29, 0.717) is 6.42 Å². The van der Waals surface area contributed by atoms with Gasteiger partial charge in [0.2, 0.25) is 0 Å². The number of aliphatic carboxylic acids is 1. The van der Waals surface area contributed by atoms with E-state index in [2.05, 4.69) is 16.9 Å². The standard InChI is InChI=1S/C12H8N2.C10H20O2/c1-2-6-10-9(5-1)13-11-7-3-4-8-12(11)14-10;1-2-3-4-5-6-7-8-9-10(11)12/h1-8H;2-9H2,1H3,(H,11,12). The van der Waals surface area contributed by atoms with Crippen molar-refractivity contribution in [2.45, 2.75) is 58.3 Å². The second kappa shape index (κ2) is 11.2. The van der Waals surface area contributed by atoms with E-state index in [9.17, 15) is 4.79 Å². The highest BCUT2D eigenvalue weighted by atomic mass is 16.4. The van der Waals surface area contributed by atoms with Crippen LogP contribution in [0.5, 0.6) is 0 Å². The fraction of sp³-hybridized carbons (Fsp3) is 0.409. The first-order valence-electron chi connectivity index (χ1n) is 9.54. The van der Waals surface area contributed by atoms with Crippen LogP contribution in [0.3, 0.4) is 0 Å². The molecule has 3 aromatic rings. The van der Waals surface area contributed by atoms with Crippen molar-refractivity contribution in [3.63, 3.8) is 0 Å². The first kappa shape index (κ1) is 19.8. The average Bonchev–Trinajstić information content (AvgIpc) is 2.66. The molecule has 0 amide bonds. The van der Waals surface area contributed by atoms with Crippen LogP contribution in [0.4, 0.5) is 0 Å². The van der Waals surface area contributed by atoms with Crippen LogP contribution >= 0.6 is 0 Å². The molecule has 4 heteroatoms. The maximum absolute atomic E-state index is 10.1. The third kappa shape index (κ3) is 6.79. The van der Waals surface area contributed by atoms with Crippen LogP contribution in [0.2, 0.25) is 0 Å². The topological polar surface area (TPSA) is 63.1 Å². The molecule has 0 aliphatic rings. The molecule has 4 nitrogen and oxygen atoms in total. The molecule has 2 aromatic carbocycles. The lowest BCUT2D eigenvalue weighted by Crippen LogP contribution is -1.93. The van der Waals surface area contributed by atoms with E-state index < -0.39 is 5.97 Å². The number of carboxylic acid groups (broad SMARTS) is 1. The molecule has 0 atom stereocenters. The largest absolute Gasteiger partial charge is 0.481 e. The van der Waals surface area contributed by atoms with Crippen LogP contribution < -0.4 is 0 Å². The van der Waals surface area contributed by atoms with E-state index in [1.54, 1.807) is 0 Å². The van der Waals surface area contributed by atoms with Crippen LogP contribution in [0.15, 0.2) is 48.5 Å². The first-order chi connectivity index (χ1) is 12.7. The van der Waals surface area contributed by atoms with Gasteiger partial charge in [0.1, 0.15) is 0 Å². The number of hydrogen-bond donors (Lipinski definition) is 1. The minimum atomic E-state index is -0.663. The van der Waals surface area contributed by atoms with Gasteiger partial charge in [-0.1, -0.05) is 69.7 Å². The predicted molar refractivity (Wildman–Crippen MR) is 107 cm³/mol. The second-order valence-corrected chi connectivity index (χ2v) is 6.47. The smallest absolute Gasteiger partial charge is 0.303 e. The number of rotatable bonds is 8. The lowest BCUT2D eigenvalue weighted by atomic mass is 10.1. The monoisotopic (exact) mass is 352 g/mol. The van der Waals surface area contributed by atoms with Crippen molar-refractivity contribution >= 4 is 28.0 Å². The molecule has 0 bridgehead atoms. The van der Waals surface area contributed by atoms with E-state index in [1.165, 1.54) is 32.1 Å². The van der Waals surface area contributed by atoms with E-state index in [1.807, 2.05) is 48.5 Å². The Labute approximate surface area is 155 Å². The average molecular weight is 352 g/mol. The van der Waals surface area contributed by atoms with Crippen molar-refractivity contribution < 1.29 is 9.90 Å². The van der Waals surface area contributed by atoms with Crippen molar-refractivity contribution in [3.05, 3.63) is 48.5 Å². The number of aromatic nitrogens is 2. The summed E-state index contributed by atoms with van der Waals surface area (Å²) in [7, 11) is 0. The van der Waals surface area contributed by atoms with Crippen LogP contribution in [-0.4, -0.2) is 21.0 Å². The maximum Gasteiger partial charge on any atom is 0.303 e. The number of hydrogen-bond acceptors (Lipinski definition) is 3. The molecule has 1 N–H and O–H groups in total. The van der Waals surface area contributed by atoms with Gasteiger partial charge in [-0.3, -0.25) is 4.79 Å². The van der Waals surface area contributed by atoms with Gasteiger partial charge in [-0.2, -0.15) is 0 Å². The van der Waals surface area contributed by atoms with Crippen LogP contribution in [0.1, 0.15) is 58.3 Å². The summed E-state index contributed by atoms with van der Waals surface area (Å²) < 4.78 is 0. The molecular weight excluding hydrogens is 324 g/mol. The SMILES string of the molecule is CCCCCCCCCC(=O)O.c1ccc2nc3ccccc3nc2c1. The molecule has 0 radical (unpaired) electrons. The second-order valence-electron chi connectivity index (χ2n) is 6.47. The summed E-state index contributed by atoms with van der Waals surface area (Å²) in [4.78, 5) is 19.2. The Morgan fingerprint density at radius 3 is 1.50 bits per heavy atom. The minimum Gasteiger partial charge on any atom is -0.481 e. The molecule has 3 rings (SSSR count). The summed E-state index contributed by atoms with van der Waals surface area (Å²) in [5, 5.41) is 8.35. The first-order valence-corrected chi connectivity index (χ1v) is 9.54. The number of fused-ring (bicyclic) bond motifs is 2. The lowest BCUT2D eigenvalue weighted by molar-refractivity contribution is -0.137. The number of carboxylic acids is 1. The van der Waals surface area contributed by atoms with Crippen molar-refractivity contribution in [2.24, 2.45) is 0 Å². The molecular formula is C22H28N2O2.